The first kappa shape index (κ1) is 7.59. The molecular formula is C5H10O3. The summed E-state index contributed by atoms with van der Waals surface area (Å²) in [5, 5.41) is 16.9. The van der Waals surface area contributed by atoms with E-state index in [1.165, 1.54) is 13.8 Å². The minimum Gasteiger partial charge on any atom is -0.388 e. The van der Waals surface area contributed by atoms with Crippen molar-refractivity contribution in [1.82, 2.24) is 0 Å². The van der Waals surface area contributed by atoms with Crippen LogP contribution in [0.2, 0.25) is 0 Å². The molecule has 0 amide bonds. The molecule has 0 aromatic heterocycles. The molecule has 0 aliphatic heterocycles. The average Bonchev–Trinajstić information content (AvgIpc) is 1.62. The van der Waals surface area contributed by atoms with Crippen molar-refractivity contribution >= 4 is 5.78 Å². The van der Waals surface area contributed by atoms with E-state index in [0.717, 1.165) is 0 Å². The van der Waals surface area contributed by atoms with Crippen LogP contribution >= 0.6 is 0 Å². The molecule has 0 unspecified atom stereocenters. The van der Waals surface area contributed by atoms with Gasteiger partial charge in [-0.05, 0) is 13.8 Å². The number of rotatable bonds is 2. The Balaban J connectivity index is 3.82. The van der Waals surface area contributed by atoms with Gasteiger partial charge in [0.25, 0.3) is 0 Å². The quantitative estimate of drug-likeness (QED) is 0.505. The van der Waals surface area contributed by atoms with Crippen LogP contribution in [0, 0.1) is 0 Å². The van der Waals surface area contributed by atoms with E-state index in [9.17, 15) is 4.79 Å². The topological polar surface area (TPSA) is 57.5 Å². The Bertz CT molecular complexity index is 90.3. The van der Waals surface area contributed by atoms with Crippen LogP contribution in [0.3, 0.4) is 0 Å². The van der Waals surface area contributed by atoms with Crippen molar-refractivity contribution in [3.63, 3.8) is 0 Å². The molecule has 0 saturated heterocycles. The maximum Gasteiger partial charge on any atom is 0.188 e. The van der Waals surface area contributed by atoms with E-state index >= 15 is 0 Å². The summed E-state index contributed by atoms with van der Waals surface area (Å²) >= 11 is 0. The SMILES string of the molecule is CC(C)(O)C(=O)CO. The summed E-state index contributed by atoms with van der Waals surface area (Å²) in [6.45, 7) is 2.08. The monoisotopic (exact) mass is 118 g/mol. The smallest absolute Gasteiger partial charge is 0.188 e. The molecule has 0 bridgehead atoms. The van der Waals surface area contributed by atoms with E-state index in [2.05, 4.69) is 0 Å². The molecule has 3 nitrogen and oxygen atoms in total. The van der Waals surface area contributed by atoms with Crippen LogP contribution in [0.1, 0.15) is 13.8 Å². The third-order valence-corrected chi connectivity index (χ3v) is 0.826. The van der Waals surface area contributed by atoms with Crippen LogP contribution < -0.4 is 0 Å². The number of Topliss-reactive ketones (excluding diaryl/α,β-unsaturated/α-hetero) is 1. The van der Waals surface area contributed by atoms with Gasteiger partial charge in [0.15, 0.2) is 5.78 Å². The first-order valence-electron chi connectivity index (χ1n) is 2.35. The van der Waals surface area contributed by atoms with Gasteiger partial charge in [0, 0.05) is 0 Å². The van der Waals surface area contributed by atoms with Crippen LogP contribution in [0.4, 0.5) is 0 Å². The van der Waals surface area contributed by atoms with Gasteiger partial charge < -0.3 is 10.2 Å². The van der Waals surface area contributed by atoms with Crippen molar-refractivity contribution in [3.05, 3.63) is 0 Å². The lowest BCUT2D eigenvalue weighted by Gasteiger charge is -2.12. The molecule has 0 aromatic carbocycles. The zero-order valence-corrected chi connectivity index (χ0v) is 5.01. The van der Waals surface area contributed by atoms with Crippen LogP contribution in [-0.4, -0.2) is 28.2 Å². The number of ketones is 1. The van der Waals surface area contributed by atoms with Gasteiger partial charge in [-0.25, -0.2) is 0 Å². The highest BCUT2D eigenvalue weighted by Gasteiger charge is 2.21. The average molecular weight is 118 g/mol. The molecular weight excluding hydrogens is 108 g/mol. The Morgan fingerprint density at radius 2 is 2.00 bits per heavy atom. The van der Waals surface area contributed by atoms with Crippen molar-refractivity contribution in [3.8, 4) is 0 Å². The first-order valence-corrected chi connectivity index (χ1v) is 2.35. The summed E-state index contributed by atoms with van der Waals surface area (Å²) in [7, 11) is 0. The number of carbonyl (C=O) groups is 1. The lowest BCUT2D eigenvalue weighted by atomic mass is 10.1. The summed E-state index contributed by atoms with van der Waals surface area (Å²) in [5.41, 5.74) is -1.38. The lowest BCUT2D eigenvalue weighted by Crippen LogP contribution is -2.33. The van der Waals surface area contributed by atoms with Gasteiger partial charge in [-0.3, -0.25) is 4.79 Å². The van der Waals surface area contributed by atoms with Crippen molar-refractivity contribution in [2.45, 2.75) is 19.4 Å². The van der Waals surface area contributed by atoms with Crippen LogP contribution in [0.5, 0.6) is 0 Å². The standard InChI is InChI=1S/C5H10O3/c1-5(2,8)4(7)3-6/h6,8H,3H2,1-2H3. The molecule has 0 fully saturated rings. The highest BCUT2D eigenvalue weighted by molar-refractivity contribution is 5.86. The second kappa shape index (κ2) is 2.24. The molecule has 0 radical (unpaired) electrons. The van der Waals surface area contributed by atoms with Gasteiger partial charge in [-0.15, -0.1) is 0 Å². The highest BCUT2D eigenvalue weighted by atomic mass is 16.3. The second-order valence-corrected chi connectivity index (χ2v) is 2.14. The summed E-state index contributed by atoms with van der Waals surface area (Å²) in [5.74, 6) is -0.558. The van der Waals surface area contributed by atoms with Gasteiger partial charge in [-0.2, -0.15) is 0 Å². The predicted octanol–water partition coefficient (Wildman–Crippen LogP) is -0.681. The van der Waals surface area contributed by atoms with Gasteiger partial charge >= 0.3 is 0 Å². The number of aliphatic hydroxyl groups is 2. The fraction of sp³-hybridized carbons (Fsp3) is 0.800. The maximum absolute atomic E-state index is 10.3. The van der Waals surface area contributed by atoms with Gasteiger partial charge in [-0.1, -0.05) is 0 Å². The van der Waals surface area contributed by atoms with E-state index in [-0.39, 0.29) is 0 Å². The van der Waals surface area contributed by atoms with Crippen molar-refractivity contribution in [2.24, 2.45) is 0 Å². The molecule has 0 saturated carbocycles. The molecule has 8 heavy (non-hydrogen) atoms. The largest absolute Gasteiger partial charge is 0.388 e. The fourth-order valence-electron chi connectivity index (χ4n) is 0.193. The Kier molecular flexibility index (Phi) is 2.12. The maximum atomic E-state index is 10.3. The van der Waals surface area contributed by atoms with Gasteiger partial charge in [0.1, 0.15) is 12.2 Å². The van der Waals surface area contributed by atoms with Gasteiger partial charge in [0.2, 0.25) is 0 Å². The van der Waals surface area contributed by atoms with Crippen molar-refractivity contribution < 1.29 is 15.0 Å². The number of aliphatic hydroxyl groups excluding tert-OH is 1. The first-order chi connectivity index (χ1) is 3.48. The molecule has 48 valence electrons. The molecule has 0 heterocycles. The molecule has 0 rings (SSSR count). The summed E-state index contributed by atoms with van der Waals surface area (Å²) in [4.78, 5) is 10.3. The Morgan fingerprint density at radius 1 is 1.62 bits per heavy atom. The minimum atomic E-state index is -1.38. The molecule has 2 N–H and O–H groups in total. The van der Waals surface area contributed by atoms with E-state index in [1.807, 2.05) is 0 Å². The third kappa shape index (κ3) is 2.04. The molecule has 0 aliphatic carbocycles. The highest BCUT2D eigenvalue weighted by Crippen LogP contribution is 2.00. The molecule has 3 heteroatoms. The van der Waals surface area contributed by atoms with Crippen LogP contribution in [0.15, 0.2) is 0 Å². The van der Waals surface area contributed by atoms with E-state index in [0.29, 0.717) is 0 Å². The summed E-state index contributed by atoms with van der Waals surface area (Å²) < 4.78 is 0. The summed E-state index contributed by atoms with van der Waals surface area (Å²) in [6, 6.07) is 0. The molecule has 0 aromatic rings. The van der Waals surface area contributed by atoms with Crippen molar-refractivity contribution in [1.29, 1.82) is 0 Å². The van der Waals surface area contributed by atoms with Crippen LogP contribution in [-0.2, 0) is 4.79 Å². The summed E-state index contributed by atoms with van der Waals surface area (Å²) in [6.07, 6.45) is 0. The fourth-order valence-corrected chi connectivity index (χ4v) is 0.193. The molecule has 0 aliphatic rings. The Morgan fingerprint density at radius 3 is 2.00 bits per heavy atom. The zero-order chi connectivity index (χ0) is 6.78. The number of hydrogen-bond acceptors (Lipinski definition) is 3. The minimum absolute atomic E-state index is 0.558. The van der Waals surface area contributed by atoms with Crippen LogP contribution in [0.25, 0.3) is 0 Å². The van der Waals surface area contributed by atoms with E-state index < -0.39 is 18.0 Å². The second-order valence-electron chi connectivity index (χ2n) is 2.14. The predicted molar refractivity (Wildman–Crippen MR) is 28.4 cm³/mol. The Labute approximate surface area is 47.9 Å². The van der Waals surface area contributed by atoms with Crippen molar-refractivity contribution in [2.75, 3.05) is 6.61 Å². The third-order valence-electron chi connectivity index (χ3n) is 0.826. The lowest BCUT2D eigenvalue weighted by molar-refractivity contribution is -0.136. The number of hydrogen-bond donors (Lipinski definition) is 2. The molecule has 0 atom stereocenters. The Hall–Kier alpha value is -0.410. The van der Waals surface area contributed by atoms with Gasteiger partial charge in [0.05, 0.1) is 0 Å². The zero-order valence-electron chi connectivity index (χ0n) is 5.01. The number of carbonyl (C=O) groups excluding carboxylic acids is 1. The van der Waals surface area contributed by atoms with E-state index in [1.54, 1.807) is 0 Å². The molecule has 0 spiro atoms. The normalized spacial score (nSPS) is 11.5. The van der Waals surface area contributed by atoms with E-state index in [4.69, 9.17) is 10.2 Å².